The topological polar surface area (TPSA) is 42.7 Å². The molecule has 2 atom stereocenters. The van der Waals surface area contributed by atoms with Crippen LogP contribution in [0.2, 0.25) is 10.0 Å². The molecule has 0 fully saturated rings. The lowest BCUT2D eigenvalue weighted by Crippen LogP contribution is -2.28. The Labute approximate surface area is 148 Å². The molecule has 0 saturated carbocycles. The van der Waals surface area contributed by atoms with Crippen molar-refractivity contribution in [1.29, 1.82) is 0 Å². The third-order valence-corrected chi connectivity index (χ3v) is 4.78. The Morgan fingerprint density at radius 3 is 2.79 bits per heavy atom. The lowest BCUT2D eigenvalue weighted by atomic mass is 9.93. The van der Waals surface area contributed by atoms with Crippen LogP contribution in [-0.4, -0.2) is 14.8 Å². The molecule has 1 aromatic heterocycles. The molecule has 122 valence electrons. The van der Waals surface area contributed by atoms with E-state index in [9.17, 15) is 4.39 Å². The first-order valence-corrected chi connectivity index (χ1v) is 8.24. The number of nitrogens with one attached hydrogen (secondary N) is 1. The molecule has 0 spiro atoms. The van der Waals surface area contributed by atoms with Crippen molar-refractivity contribution in [2.75, 3.05) is 5.32 Å². The Morgan fingerprint density at radius 2 is 2.00 bits per heavy atom. The normalized spacial score (nSPS) is 19.6. The van der Waals surface area contributed by atoms with Gasteiger partial charge in [0.2, 0.25) is 5.95 Å². The molecule has 1 N–H and O–H groups in total. The van der Waals surface area contributed by atoms with Crippen LogP contribution >= 0.6 is 23.2 Å². The molecule has 0 saturated heterocycles. The Morgan fingerprint density at radius 1 is 1.17 bits per heavy atom. The standard InChI is InChI=1S/C17H13Cl2FN4/c18-11-4-1-3-10(7-11)14-8-15(24-17(23-14)21-9-22-24)16-12(19)5-2-6-13(16)20/h1-7,9,14-15H,8H2,(H,21,22,23)/t14-,15+/m1/s1. The van der Waals surface area contributed by atoms with E-state index in [0.29, 0.717) is 28.0 Å². The van der Waals surface area contributed by atoms with Gasteiger partial charge in [-0.3, -0.25) is 0 Å². The second kappa shape index (κ2) is 6.07. The predicted molar refractivity (Wildman–Crippen MR) is 92.0 cm³/mol. The van der Waals surface area contributed by atoms with Crippen molar-refractivity contribution in [3.8, 4) is 0 Å². The van der Waals surface area contributed by atoms with Gasteiger partial charge in [-0.05, 0) is 36.2 Å². The number of halogens is 3. The second-order valence-corrected chi connectivity index (χ2v) is 6.51. The summed E-state index contributed by atoms with van der Waals surface area (Å²) in [6.07, 6.45) is 2.03. The van der Waals surface area contributed by atoms with Crippen LogP contribution in [0, 0.1) is 5.82 Å². The van der Waals surface area contributed by atoms with Crippen LogP contribution in [-0.2, 0) is 0 Å². The van der Waals surface area contributed by atoms with E-state index in [2.05, 4.69) is 15.4 Å². The van der Waals surface area contributed by atoms with Gasteiger partial charge >= 0.3 is 0 Å². The molecular weight excluding hydrogens is 350 g/mol. The lowest BCUT2D eigenvalue weighted by Gasteiger charge is -2.32. The predicted octanol–water partition coefficient (Wildman–Crippen LogP) is 4.87. The quantitative estimate of drug-likeness (QED) is 0.706. The molecule has 4 rings (SSSR count). The van der Waals surface area contributed by atoms with Crippen molar-refractivity contribution < 1.29 is 4.39 Å². The number of nitrogens with zero attached hydrogens (tertiary/aromatic N) is 3. The number of benzene rings is 2. The number of anilines is 1. The first-order valence-electron chi connectivity index (χ1n) is 7.49. The average Bonchev–Trinajstić information content (AvgIpc) is 3.03. The van der Waals surface area contributed by atoms with Crippen LogP contribution in [0.5, 0.6) is 0 Å². The summed E-state index contributed by atoms with van der Waals surface area (Å²) < 4.78 is 16.1. The maximum atomic E-state index is 14.4. The zero-order valence-corrected chi connectivity index (χ0v) is 14.0. The van der Waals surface area contributed by atoms with Crippen molar-refractivity contribution in [2.24, 2.45) is 0 Å². The first-order chi connectivity index (χ1) is 11.6. The van der Waals surface area contributed by atoms with Gasteiger partial charge in [-0.1, -0.05) is 41.4 Å². The van der Waals surface area contributed by atoms with Gasteiger partial charge < -0.3 is 5.32 Å². The number of aromatic nitrogens is 3. The summed E-state index contributed by atoms with van der Waals surface area (Å²) >= 11 is 12.4. The number of hydrogen-bond donors (Lipinski definition) is 1. The third kappa shape index (κ3) is 2.64. The molecule has 0 bridgehead atoms. The third-order valence-electron chi connectivity index (χ3n) is 4.21. The minimum atomic E-state index is -0.347. The average molecular weight is 363 g/mol. The number of hydrogen-bond acceptors (Lipinski definition) is 3. The Bertz CT molecular complexity index is 876. The number of rotatable bonds is 2. The van der Waals surface area contributed by atoms with E-state index in [4.69, 9.17) is 23.2 Å². The Kier molecular flexibility index (Phi) is 3.90. The Hall–Kier alpha value is -2.11. The van der Waals surface area contributed by atoms with Crippen molar-refractivity contribution in [2.45, 2.75) is 18.5 Å². The summed E-state index contributed by atoms with van der Waals surface area (Å²) in [5.74, 6) is 0.233. The van der Waals surface area contributed by atoms with Crippen molar-refractivity contribution >= 4 is 29.2 Å². The molecule has 2 aromatic carbocycles. The highest BCUT2D eigenvalue weighted by atomic mass is 35.5. The largest absolute Gasteiger partial charge is 0.348 e. The van der Waals surface area contributed by atoms with Crippen LogP contribution in [0.4, 0.5) is 10.3 Å². The van der Waals surface area contributed by atoms with E-state index >= 15 is 0 Å². The maximum Gasteiger partial charge on any atom is 0.222 e. The highest BCUT2D eigenvalue weighted by molar-refractivity contribution is 6.31. The van der Waals surface area contributed by atoms with E-state index in [1.165, 1.54) is 12.4 Å². The molecular formula is C17H13Cl2FN4. The van der Waals surface area contributed by atoms with Gasteiger partial charge in [-0.15, -0.1) is 0 Å². The Balaban J connectivity index is 1.80. The minimum absolute atomic E-state index is 0.0685. The summed E-state index contributed by atoms with van der Waals surface area (Å²) in [5.41, 5.74) is 1.44. The van der Waals surface area contributed by atoms with Crippen LogP contribution in [0.15, 0.2) is 48.8 Å². The van der Waals surface area contributed by atoms with Gasteiger partial charge in [-0.2, -0.15) is 10.1 Å². The molecule has 0 aliphatic carbocycles. The van der Waals surface area contributed by atoms with Crippen molar-refractivity contribution in [3.63, 3.8) is 0 Å². The highest BCUT2D eigenvalue weighted by Gasteiger charge is 2.32. The summed E-state index contributed by atoms with van der Waals surface area (Å²) in [6, 6.07) is 11.9. The van der Waals surface area contributed by atoms with Crippen LogP contribution in [0.25, 0.3) is 0 Å². The fraction of sp³-hybridized carbons (Fsp3) is 0.176. The fourth-order valence-corrected chi connectivity index (χ4v) is 3.62. The summed E-state index contributed by atoms with van der Waals surface area (Å²) in [4.78, 5) is 4.23. The number of fused-ring (bicyclic) bond motifs is 1. The van der Waals surface area contributed by atoms with Gasteiger partial charge in [0, 0.05) is 15.6 Å². The van der Waals surface area contributed by atoms with Gasteiger partial charge in [0.15, 0.2) is 0 Å². The molecule has 1 aliphatic heterocycles. The fourth-order valence-electron chi connectivity index (χ4n) is 3.13. The first kappa shape index (κ1) is 15.4. The molecule has 3 aromatic rings. The van der Waals surface area contributed by atoms with Crippen molar-refractivity contribution in [3.05, 3.63) is 75.8 Å². The summed E-state index contributed by atoms with van der Waals surface area (Å²) in [5, 5.41) is 8.60. The molecule has 0 unspecified atom stereocenters. The van der Waals surface area contributed by atoms with Gasteiger partial charge in [0.05, 0.1) is 12.1 Å². The van der Waals surface area contributed by atoms with Crippen LogP contribution in [0.1, 0.15) is 29.6 Å². The van der Waals surface area contributed by atoms with E-state index in [0.717, 1.165) is 5.56 Å². The molecule has 4 nitrogen and oxygen atoms in total. The minimum Gasteiger partial charge on any atom is -0.348 e. The van der Waals surface area contributed by atoms with Gasteiger partial charge in [0.25, 0.3) is 0 Å². The monoisotopic (exact) mass is 362 g/mol. The van der Waals surface area contributed by atoms with Crippen molar-refractivity contribution in [1.82, 2.24) is 14.8 Å². The zero-order valence-electron chi connectivity index (χ0n) is 12.5. The molecule has 1 aliphatic rings. The molecule has 2 heterocycles. The SMILES string of the molecule is Fc1cccc(Cl)c1[C@@H]1C[C@H](c2cccc(Cl)c2)Nc2ncnn21. The van der Waals surface area contributed by atoms with E-state index < -0.39 is 0 Å². The van der Waals surface area contributed by atoms with E-state index in [1.807, 2.05) is 24.3 Å². The molecule has 0 radical (unpaired) electrons. The van der Waals surface area contributed by atoms with E-state index in [-0.39, 0.29) is 17.9 Å². The smallest absolute Gasteiger partial charge is 0.222 e. The maximum absolute atomic E-state index is 14.4. The molecule has 24 heavy (non-hydrogen) atoms. The van der Waals surface area contributed by atoms with E-state index in [1.54, 1.807) is 16.8 Å². The summed E-state index contributed by atoms with van der Waals surface area (Å²) in [7, 11) is 0. The van der Waals surface area contributed by atoms with Gasteiger partial charge in [-0.25, -0.2) is 9.07 Å². The van der Waals surface area contributed by atoms with Crippen LogP contribution in [0.3, 0.4) is 0 Å². The molecule has 7 heteroatoms. The lowest BCUT2D eigenvalue weighted by molar-refractivity contribution is 0.416. The van der Waals surface area contributed by atoms with Crippen LogP contribution < -0.4 is 5.32 Å². The highest BCUT2D eigenvalue weighted by Crippen LogP contribution is 2.40. The molecule has 0 amide bonds. The zero-order chi connectivity index (χ0) is 16.7. The van der Waals surface area contributed by atoms with Gasteiger partial charge in [0.1, 0.15) is 12.1 Å². The second-order valence-electron chi connectivity index (χ2n) is 5.67. The summed E-state index contributed by atoms with van der Waals surface area (Å²) in [6.45, 7) is 0.